The molecule has 0 radical (unpaired) electrons. The highest BCUT2D eigenvalue weighted by atomic mass is 16.3. The molecule has 30 heavy (non-hydrogen) atoms. The summed E-state index contributed by atoms with van der Waals surface area (Å²) in [5.74, 6) is 0.563. The average molecular weight is 402 g/mol. The zero-order valence-corrected chi connectivity index (χ0v) is 15.9. The van der Waals surface area contributed by atoms with Crippen LogP contribution in [0.2, 0.25) is 0 Å². The van der Waals surface area contributed by atoms with E-state index in [1.54, 1.807) is 23.0 Å². The van der Waals surface area contributed by atoms with Crippen molar-refractivity contribution in [3.63, 3.8) is 0 Å². The Labute approximate surface area is 169 Å². The molecule has 0 atom stereocenters. The summed E-state index contributed by atoms with van der Waals surface area (Å²) in [6.07, 6.45) is 10.0. The van der Waals surface area contributed by atoms with Gasteiger partial charge in [0, 0.05) is 35.9 Å². The van der Waals surface area contributed by atoms with Crippen LogP contribution in [0.4, 0.5) is 11.5 Å². The number of aromatic amines is 2. The normalized spacial score (nSPS) is 17.3. The van der Waals surface area contributed by atoms with Gasteiger partial charge in [-0.2, -0.15) is 9.61 Å². The Bertz CT molecular complexity index is 1460. The second-order valence-electron chi connectivity index (χ2n) is 7.56. The number of nitrogens with one attached hydrogen (secondary N) is 2. The van der Waals surface area contributed by atoms with E-state index in [1.807, 2.05) is 18.3 Å². The fourth-order valence-corrected chi connectivity index (χ4v) is 3.79. The van der Waals surface area contributed by atoms with Crippen molar-refractivity contribution in [3.05, 3.63) is 63.2 Å². The molecule has 6 rings (SSSR count). The van der Waals surface area contributed by atoms with Crippen LogP contribution in [-0.2, 0) is 6.42 Å². The van der Waals surface area contributed by atoms with Crippen LogP contribution >= 0.6 is 0 Å². The number of hydrogen-bond donors (Lipinski definition) is 3. The quantitative estimate of drug-likeness (QED) is 0.448. The number of aromatic hydroxyl groups is 1. The van der Waals surface area contributed by atoms with Gasteiger partial charge in [0.05, 0.1) is 12.2 Å². The van der Waals surface area contributed by atoms with Crippen molar-refractivity contribution in [1.29, 1.82) is 0 Å². The van der Waals surface area contributed by atoms with Gasteiger partial charge in [-0.1, -0.05) is 0 Å². The van der Waals surface area contributed by atoms with Crippen molar-refractivity contribution in [2.24, 2.45) is 4.99 Å². The summed E-state index contributed by atoms with van der Waals surface area (Å²) >= 11 is 0. The summed E-state index contributed by atoms with van der Waals surface area (Å²) in [5, 5.41) is 15.1. The van der Waals surface area contributed by atoms with Gasteiger partial charge in [-0.05, 0) is 37.0 Å². The Kier molecular flexibility index (Phi) is 3.55. The van der Waals surface area contributed by atoms with Crippen molar-refractivity contribution in [1.82, 2.24) is 29.5 Å². The molecule has 0 aromatic carbocycles. The SMILES string of the molecule is O=c1[nH]c(O)c(/C=c2/cnn3c(=NC4CC4)cc(N4CCc5cnccc54)nc23)[nH]1. The summed E-state index contributed by atoms with van der Waals surface area (Å²) in [5.41, 5.74) is 3.44. The van der Waals surface area contributed by atoms with Crippen LogP contribution in [-0.4, -0.2) is 47.2 Å². The van der Waals surface area contributed by atoms with E-state index in [1.165, 1.54) is 5.56 Å². The van der Waals surface area contributed by atoms with Crippen LogP contribution in [0.15, 0.2) is 40.5 Å². The molecule has 10 heteroatoms. The van der Waals surface area contributed by atoms with Gasteiger partial charge >= 0.3 is 5.69 Å². The fraction of sp³-hybridized carbons (Fsp3) is 0.250. The first-order chi connectivity index (χ1) is 14.7. The first-order valence-corrected chi connectivity index (χ1v) is 9.82. The van der Waals surface area contributed by atoms with Gasteiger partial charge in [0.25, 0.3) is 0 Å². The zero-order chi connectivity index (χ0) is 20.2. The molecule has 4 aromatic heterocycles. The fourth-order valence-electron chi connectivity index (χ4n) is 3.79. The van der Waals surface area contributed by atoms with Crippen molar-refractivity contribution in [3.8, 4) is 5.88 Å². The molecule has 150 valence electrons. The molecule has 5 heterocycles. The number of hydrogen-bond acceptors (Lipinski definition) is 7. The maximum Gasteiger partial charge on any atom is 0.326 e. The van der Waals surface area contributed by atoms with E-state index in [4.69, 9.17) is 9.98 Å². The minimum Gasteiger partial charge on any atom is -0.493 e. The summed E-state index contributed by atoms with van der Waals surface area (Å²) in [6, 6.07) is 4.28. The largest absolute Gasteiger partial charge is 0.493 e. The molecule has 0 unspecified atom stereocenters. The van der Waals surface area contributed by atoms with E-state index in [0.717, 1.165) is 42.8 Å². The lowest BCUT2D eigenvalue weighted by atomic mass is 10.2. The maximum atomic E-state index is 11.5. The minimum absolute atomic E-state index is 0.223. The molecule has 3 N–H and O–H groups in total. The van der Waals surface area contributed by atoms with Crippen molar-refractivity contribution < 1.29 is 5.11 Å². The van der Waals surface area contributed by atoms with E-state index < -0.39 is 5.69 Å². The van der Waals surface area contributed by atoms with Gasteiger partial charge in [-0.15, -0.1) is 0 Å². The Morgan fingerprint density at radius 2 is 2.17 bits per heavy atom. The molecular formula is C20H18N8O2. The number of H-pyrrole nitrogens is 2. The second kappa shape index (κ2) is 6.28. The van der Waals surface area contributed by atoms with Crippen LogP contribution in [0, 0.1) is 0 Å². The lowest BCUT2D eigenvalue weighted by Gasteiger charge is -2.18. The second-order valence-corrected chi connectivity index (χ2v) is 7.56. The molecule has 0 bridgehead atoms. The molecule has 1 aliphatic carbocycles. The van der Waals surface area contributed by atoms with Crippen LogP contribution in [0.3, 0.4) is 0 Å². The van der Waals surface area contributed by atoms with Crippen LogP contribution in [0.1, 0.15) is 24.1 Å². The molecule has 0 amide bonds. The highest BCUT2D eigenvalue weighted by molar-refractivity contribution is 5.68. The highest BCUT2D eigenvalue weighted by Gasteiger charge is 2.24. The molecule has 0 saturated heterocycles. The number of imidazole rings is 1. The molecule has 0 spiro atoms. The van der Waals surface area contributed by atoms with Crippen molar-refractivity contribution >= 4 is 23.2 Å². The molecule has 1 fully saturated rings. The van der Waals surface area contributed by atoms with Gasteiger partial charge in [0.15, 0.2) is 11.1 Å². The Hall–Kier alpha value is -3.95. The lowest BCUT2D eigenvalue weighted by molar-refractivity contribution is 0.454. The van der Waals surface area contributed by atoms with Gasteiger partial charge in [0.2, 0.25) is 5.88 Å². The Morgan fingerprint density at radius 3 is 2.97 bits per heavy atom. The zero-order valence-electron chi connectivity index (χ0n) is 15.9. The van der Waals surface area contributed by atoms with Crippen molar-refractivity contribution in [2.45, 2.75) is 25.3 Å². The van der Waals surface area contributed by atoms with Gasteiger partial charge in [-0.3, -0.25) is 15.0 Å². The average Bonchev–Trinajstić information content (AvgIpc) is 3.16. The van der Waals surface area contributed by atoms with E-state index in [9.17, 15) is 9.90 Å². The summed E-state index contributed by atoms with van der Waals surface area (Å²) < 4.78 is 1.71. The topological polar surface area (TPSA) is 128 Å². The van der Waals surface area contributed by atoms with E-state index in [-0.39, 0.29) is 11.6 Å². The van der Waals surface area contributed by atoms with E-state index >= 15 is 0 Å². The third-order valence-electron chi connectivity index (χ3n) is 5.41. The smallest absolute Gasteiger partial charge is 0.326 e. The number of aromatic nitrogens is 6. The standard InChI is InChI=1S/C20H18N8O2/c29-19-14(24-20(30)26-19)7-12-10-22-28-17(23-13-1-2-13)8-16(25-18(12)28)27-6-4-11-9-21-5-3-15(11)27/h3,5,7-10,13,29H,1-2,4,6H2,(H2,24,26,30)/b12-7-,23-17?. The van der Waals surface area contributed by atoms with Gasteiger partial charge < -0.3 is 15.0 Å². The molecule has 2 aliphatic rings. The first-order valence-electron chi connectivity index (χ1n) is 9.82. The summed E-state index contributed by atoms with van der Waals surface area (Å²) in [6.45, 7) is 0.812. The summed E-state index contributed by atoms with van der Waals surface area (Å²) in [7, 11) is 0. The molecule has 10 nitrogen and oxygen atoms in total. The predicted octanol–water partition coefficient (Wildman–Crippen LogP) is 0.151. The molecule has 1 saturated carbocycles. The maximum absolute atomic E-state index is 11.5. The van der Waals surface area contributed by atoms with E-state index in [2.05, 4.69) is 25.0 Å². The van der Waals surface area contributed by atoms with Gasteiger partial charge in [0.1, 0.15) is 11.5 Å². The molecular weight excluding hydrogens is 384 g/mol. The number of fused-ring (bicyclic) bond motifs is 2. The molecule has 1 aliphatic heterocycles. The van der Waals surface area contributed by atoms with Gasteiger partial charge in [-0.25, -0.2) is 9.78 Å². The number of nitrogens with zero attached hydrogens (tertiary/aromatic N) is 6. The third kappa shape index (κ3) is 2.76. The van der Waals surface area contributed by atoms with Crippen LogP contribution in [0.25, 0.3) is 11.7 Å². The first kappa shape index (κ1) is 17.0. The number of pyridine rings is 1. The monoisotopic (exact) mass is 402 g/mol. The summed E-state index contributed by atoms with van der Waals surface area (Å²) in [4.78, 5) is 32.4. The number of rotatable bonds is 3. The number of anilines is 2. The van der Waals surface area contributed by atoms with E-state index in [0.29, 0.717) is 16.9 Å². The lowest BCUT2D eigenvalue weighted by Crippen LogP contribution is -2.24. The van der Waals surface area contributed by atoms with Crippen LogP contribution in [0.5, 0.6) is 5.88 Å². The minimum atomic E-state index is -0.476. The predicted molar refractivity (Wildman–Crippen MR) is 108 cm³/mol. The third-order valence-corrected chi connectivity index (χ3v) is 5.41. The van der Waals surface area contributed by atoms with Crippen molar-refractivity contribution in [2.75, 3.05) is 11.4 Å². The van der Waals surface area contributed by atoms with Crippen LogP contribution < -0.4 is 21.3 Å². The Balaban J connectivity index is 1.58. The highest BCUT2D eigenvalue weighted by Crippen LogP contribution is 2.32. The molecule has 4 aromatic rings. The Morgan fingerprint density at radius 1 is 1.27 bits per heavy atom.